The second-order valence-corrected chi connectivity index (χ2v) is 0.519. The van der Waals surface area contributed by atoms with Crippen LogP contribution in [0.2, 0.25) is 0 Å². The Morgan fingerprint density at radius 1 is 1.83 bits per heavy atom. The predicted molar refractivity (Wildman–Crippen MR) is 23.8 cm³/mol. The number of aliphatic carboxylic acids is 1. The van der Waals surface area contributed by atoms with Crippen molar-refractivity contribution in [2.75, 3.05) is 0 Å². The van der Waals surface area contributed by atoms with Gasteiger partial charge in [-0.15, -0.1) is 0 Å². The van der Waals surface area contributed by atoms with E-state index in [-0.39, 0.29) is 30.6 Å². The number of carboxylic acids is 1. The molecule has 0 rings (SSSR count). The molecule has 0 bridgehead atoms. The van der Waals surface area contributed by atoms with Gasteiger partial charge < -0.3 is 7.96 Å². The van der Waals surface area contributed by atoms with Crippen LogP contribution < -0.4 is 0 Å². The third-order valence-electron chi connectivity index (χ3n) is 0. The van der Waals surface area contributed by atoms with Crippen LogP contribution in [0.15, 0.2) is 0 Å². The molecular weight excluding hydrogens is 99.3 g/mol. The van der Waals surface area contributed by atoms with Gasteiger partial charge in [0.1, 0.15) is 0 Å². The smallest absolute Gasteiger partial charge is 1.00 e. The minimum Gasteiger partial charge on any atom is -1.00 e. The van der Waals surface area contributed by atoms with Gasteiger partial charge in [0.25, 0.3) is 5.97 Å². The fourth-order valence-corrected chi connectivity index (χ4v) is 0. The van der Waals surface area contributed by atoms with Crippen LogP contribution in [-0.4, -0.2) is 34.1 Å². The molecule has 0 unspecified atom stereocenters. The van der Waals surface area contributed by atoms with Gasteiger partial charge in [-0.05, 0) is 0 Å². The van der Waals surface area contributed by atoms with E-state index in [1.165, 1.54) is 0 Å². The average molecular weight is 106 g/mol. The Labute approximate surface area is 54.0 Å². The summed E-state index contributed by atoms with van der Waals surface area (Å²) < 4.78 is 0. The third kappa shape index (κ3) is 1510. The number of hydrogen-bond acceptors (Lipinski definition) is 1. The number of hydrogen-bond donors (Lipinski definition) is 1. The molecular formula is C2H7FMgO2. The first-order valence-corrected chi connectivity index (χ1v) is 0.928. The molecule has 0 aliphatic rings. The molecule has 1 N–H and O–H groups in total. The molecule has 0 saturated carbocycles. The largest absolute Gasteiger partial charge is 2.00 e. The van der Waals surface area contributed by atoms with Gasteiger partial charge in [-0.1, -0.05) is 0 Å². The Kier molecular flexibility index (Phi) is 24.5. The van der Waals surface area contributed by atoms with Crippen LogP contribution in [0.4, 0.5) is 4.70 Å². The predicted octanol–water partition coefficient (Wildman–Crippen LogP) is 0.0876. The summed E-state index contributed by atoms with van der Waals surface area (Å²) in [4.78, 5) is 9.00. The molecule has 0 aromatic rings. The Bertz CT molecular complexity index is 41.0. The van der Waals surface area contributed by atoms with Crippen molar-refractivity contribution >= 4 is 29.0 Å². The maximum absolute atomic E-state index is 9.00. The second kappa shape index (κ2) is 8.94. The van der Waals surface area contributed by atoms with Crippen LogP contribution in [0.5, 0.6) is 0 Å². The van der Waals surface area contributed by atoms with Crippen molar-refractivity contribution in [3.8, 4) is 0 Å². The maximum atomic E-state index is 9.00. The standard InChI is InChI=1S/C2H4O2.FH.Mg.2H/c1-2(3)4;;;;/h1H3,(H,3,4);1H;;;/q;;+2;2*-1. The molecule has 0 aromatic carbocycles. The summed E-state index contributed by atoms with van der Waals surface area (Å²) in [5.41, 5.74) is 0. The van der Waals surface area contributed by atoms with Gasteiger partial charge in [-0.2, -0.15) is 0 Å². The summed E-state index contributed by atoms with van der Waals surface area (Å²) in [5, 5.41) is 7.42. The normalized spacial score (nSPS) is 4.17. The average Bonchev–Trinajstić information content (AvgIpc) is 0.811. The van der Waals surface area contributed by atoms with E-state index < -0.39 is 5.97 Å². The zero-order valence-corrected chi connectivity index (χ0v) is 4.89. The summed E-state index contributed by atoms with van der Waals surface area (Å²) in [6.07, 6.45) is 0. The first-order valence-electron chi connectivity index (χ1n) is 0.928. The van der Waals surface area contributed by atoms with E-state index in [1.54, 1.807) is 0 Å². The van der Waals surface area contributed by atoms with Crippen LogP contribution in [0.3, 0.4) is 0 Å². The monoisotopic (exact) mass is 106 g/mol. The molecule has 0 saturated heterocycles. The van der Waals surface area contributed by atoms with Gasteiger partial charge in [0, 0.05) is 6.92 Å². The molecule has 0 heterocycles. The molecule has 0 radical (unpaired) electrons. The fraction of sp³-hybridized carbons (Fsp3) is 0.500. The quantitative estimate of drug-likeness (QED) is 0.444. The number of carbonyl (C=O) groups is 1. The number of carboxylic acid groups (broad SMARTS) is 1. The van der Waals surface area contributed by atoms with Gasteiger partial charge >= 0.3 is 23.1 Å². The Morgan fingerprint density at radius 2 is 1.83 bits per heavy atom. The zero-order valence-electron chi connectivity index (χ0n) is 5.47. The van der Waals surface area contributed by atoms with E-state index >= 15 is 0 Å². The van der Waals surface area contributed by atoms with Gasteiger partial charge in [0.15, 0.2) is 0 Å². The summed E-state index contributed by atoms with van der Waals surface area (Å²) >= 11 is 0. The minimum absolute atomic E-state index is 0. The first kappa shape index (κ1) is 16.4. The van der Waals surface area contributed by atoms with E-state index in [4.69, 9.17) is 9.90 Å². The van der Waals surface area contributed by atoms with Crippen LogP contribution >= 0.6 is 0 Å². The summed E-state index contributed by atoms with van der Waals surface area (Å²) in [7, 11) is 0. The number of halogens is 1. The van der Waals surface area contributed by atoms with Gasteiger partial charge in [-0.25, -0.2) is 0 Å². The minimum atomic E-state index is -0.833. The van der Waals surface area contributed by atoms with Crippen LogP contribution in [0, 0.1) is 0 Å². The number of rotatable bonds is 0. The van der Waals surface area contributed by atoms with Crippen molar-refractivity contribution in [1.29, 1.82) is 0 Å². The van der Waals surface area contributed by atoms with Crippen molar-refractivity contribution in [2.45, 2.75) is 6.92 Å². The molecule has 0 amide bonds. The van der Waals surface area contributed by atoms with E-state index in [0.717, 1.165) is 6.92 Å². The molecule has 0 aromatic heterocycles. The van der Waals surface area contributed by atoms with Gasteiger partial charge in [0.2, 0.25) is 0 Å². The van der Waals surface area contributed by atoms with Gasteiger partial charge in [0.05, 0.1) is 0 Å². The van der Waals surface area contributed by atoms with E-state index in [1.807, 2.05) is 0 Å². The van der Waals surface area contributed by atoms with E-state index in [0.29, 0.717) is 0 Å². The Balaban J connectivity index is -0.00000000750. The molecule has 0 aliphatic heterocycles. The molecule has 0 fully saturated rings. The third-order valence-corrected chi connectivity index (χ3v) is 0. The molecule has 6 heavy (non-hydrogen) atoms. The van der Waals surface area contributed by atoms with Crippen LogP contribution in [0.25, 0.3) is 0 Å². The Hall–Kier alpha value is 0.166. The van der Waals surface area contributed by atoms with E-state index in [2.05, 4.69) is 0 Å². The summed E-state index contributed by atoms with van der Waals surface area (Å²) in [6, 6.07) is 0. The second-order valence-electron chi connectivity index (χ2n) is 0.519. The van der Waals surface area contributed by atoms with Crippen LogP contribution in [-0.2, 0) is 4.79 Å². The summed E-state index contributed by atoms with van der Waals surface area (Å²) in [5.74, 6) is -0.833. The molecule has 2 nitrogen and oxygen atoms in total. The molecule has 0 atom stereocenters. The molecule has 36 valence electrons. The van der Waals surface area contributed by atoms with E-state index in [9.17, 15) is 0 Å². The van der Waals surface area contributed by atoms with Crippen LogP contribution in [0.1, 0.15) is 9.78 Å². The zero-order chi connectivity index (χ0) is 3.58. The Morgan fingerprint density at radius 3 is 1.83 bits per heavy atom. The SMILES string of the molecule is CC(=O)O.F.[H-].[H-].[Mg+2]. The van der Waals surface area contributed by atoms with Crippen molar-refractivity contribution in [3.63, 3.8) is 0 Å². The van der Waals surface area contributed by atoms with Crippen molar-refractivity contribution in [3.05, 3.63) is 0 Å². The van der Waals surface area contributed by atoms with Crippen molar-refractivity contribution in [1.82, 2.24) is 0 Å². The molecule has 4 heteroatoms. The molecule has 0 aliphatic carbocycles. The van der Waals surface area contributed by atoms with Crippen molar-refractivity contribution in [2.24, 2.45) is 0 Å². The fourth-order valence-electron chi connectivity index (χ4n) is 0. The van der Waals surface area contributed by atoms with Crippen molar-refractivity contribution < 1.29 is 17.5 Å². The topological polar surface area (TPSA) is 37.3 Å². The maximum Gasteiger partial charge on any atom is 2.00 e. The van der Waals surface area contributed by atoms with Gasteiger partial charge in [-0.3, -0.25) is 9.50 Å². The first-order chi connectivity index (χ1) is 1.73. The summed E-state index contributed by atoms with van der Waals surface area (Å²) in [6.45, 7) is 1.08. The molecule has 0 spiro atoms.